The first-order valence-corrected chi connectivity index (χ1v) is 4.62. The molecule has 2 heteroatoms. The molecule has 1 aliphatic rings. The van der Waals surface area contributed by atoms with Crippen LogP contribution in [0.5, 0.6) is 0 Å². The summed E-state index contributed by atoms with van der Waals surface area (Å²) in [5, 5.41) is 0. The molecule has 0 amide bonds. The lowest BCUT2D eigenvalue weighted by molar-refractivity contribution is 0.118. The molecule has 0 aromatic carbocycles. The molecule has 2 N–H and O–H groups in total. The van der Waals surface area contributed by atoms with Crippen LogP contribution in [0, 0.1) is 5.41 Å². The van der Waals surface area contributed by atoms with Crippen LogP contribution in [0.3, 0.4) is 0 Å². The highest BCUT2D eigenvalue weighted by Crippen LogP contribution is 2.22. The standard InChI is InChI=1S/C10H19NO/c1-10(2,8-11)7-9-3-5-12-6-4-9/h7H,3-6,8,11H2,1-2H3. The maximum atomic E-state index is 5.65. The van der Waals surface area contributed by atoms with Gasteiger partial charge in [-0.05, 0) is 18.3 Å². The molecule has 1 aliphatic heterocycles. The Morgan fingerprint density at radius 3 is 2.50 bits per heavy atom. The molecule has 12 heavy (non-hydrogen) atoms. The maximum Gasteiger partial charge on any atom is 0.0503 e. The summed E-state index contributed by atoms with van der Waals surface area (Å²) in [6.45, 7) is 6.83. The smallest absolute Gasteiger partial charge is 0.0503 e. The molecule has 1 fully saturated rings. The molecule has 0 saturated carbocycles. The Hall–Kier alpha value is -0.340. The molecule has 1 rings (SSSR count). The van der Waals surface area contributed by atoms with Crippen LogP contribution < -0.4 is 5.73 Å². The van der Waals surface area contributed by atoms with Gasteiger partial charge in [0.25, 0.3) is 0 Å². The van der Waals surface area contributed by atoms with Gasteiger partial charge in [0.1, 0.15) is 0 Å². The summed E-state index contributed by atoms with van der Waals surface area (Å²) >= 11 is 0. The zero-order chi connectivity index (χ0) is 9.03. The van der Waals surface area contributed by atoms with Gasteiger partial charge in [0.2, 0.25) is 0 Å². The first-order valence-electron chi connectivity index (χ1n) is 4.62. The van der Waals surface area contributed by atoms with E-state index in [2.05, 4.69) is 19.9 Å². The van der Waals surface area contributed by atoms with Gasteiger partial charge in [-0.2, -0.15) is 0 Å². The molecule has 1 saturated heterocycles. The van der Waals surface area contributed by atoms with E-state index in [1.807, 2.05) is 0 Å². The van der Waals surface area contributed by atoms with E-state index in [0.717, 1.165) is 32.6 Å². The van der Waals surface area contributed by atoms with Gasteiger partial charge in [-0.3, -0.25) is 0 Å². The van der Waals surface area contributed by atoms with Crippen molar-refractivity contribution in [1.29, 1.82) is 0 Å². The Kier molecular flexibility index (Phi) is 3.29. The number of hydrogen-bond donors (Lipinski definition) is 1. The summed E-state index contributed by atoms with van der Waals surface area (Å²) < 4.78 is 5.28. The van der Waals surface area contributed by atoms with Crippen molar-refractivity contribution in [2.24, 2.45) is 11.1 Å². The first kappa shape index (κ1) is 9.75. The van der Waals surface area contributed by atoms with Gasteiger partial charge >= 0.3 is 0 Å². The lowest BCUT2D eigenvalue weighted by Gasteiger charge is -2.22. The van der Waals surface area contributed by atoms with E-state index in [4.69, 9.17) is 10.5 Å². The molecular weight excluding hydrogens is 150 g/mol. The number of nitrogens with two attached hydrogens (primary N) is 1. The van der Waals surface area contributed by atoms with Gasteiger partial charge in [0, 0.05) is 6.54 Å². The molecule has 0 bridgehead atoms. The SMILES string of the molecule is CC(C)(C=C1CCOCC1)CN. The maximum absolute atomic E-state index is 5.65. The van der Waals surface area contributed by atoms with Crippen LogP contribution in [-0.2, 0) is 4.74 Å². The summed E-state index contributed by atoms with van der Waals surface area (Å²) in [4.78, 5) is 0. The largest absolute Gasteiger partial charge is 0.381 e. The Bertz CT molecular complexity index is 165. The molecule has 2 nitrogen and oxygen atoms in total. The third-order valence-corrected chi connectivity index (χ3v) is 2.26. The minimum Gasteiger partial charge on any atom is -0.381 e. The zero-order valence-corrected chi connectivity index (χ0v) is 8.10. The molecule has 0 spiro atoms. The number of rotatable bonds is 2. The minimum absolute atomic E-state index is 0.159. The van der Waals surface area contributed by atoms with Crippen molar-refractivity contribution in [3.05, 3.63) is 11.6 Å². The molecule has 0 atom stereocenters. The molecule has 0 radical (unpaired) electrons. The van der Waals surface area contributed by atoms with Gasteiger partial charge in [0.05, 0.1) is 13.2 Å². The molecule has 0 aromatic heterocycles. The average molecular weight is 169 g/mol. The normalized spacial score (nSPS) is 19.4. The quantitative estimate of drug-likeness (QED) is 0.639. The van der Waals surface area contributed by atoms with Crippen LogP contribution in [0.1, 0.15) is 26.7 Å². The van der Waals surface area contributed by atoms with Crippen molar-refractivity contribution >= 4 is 0 Å². The summed E-state index contributed by atoms with van der Waals surface area (Å²) in [6, 6.07) is 0. The van der Waals surface area contributed by atoms with Gasteiger partial charge in [-0.25, -0.2) is 0 Å². The predicted molar refractivity (Wildman–Crippen MR) is 51.0 cm³/mol. The van der Waals surface area contributed by atoms with E-state index in [1.165, 1.54) is 5.57 Å². The lowest BCUT2D eigenvalue weighted by atomic mass is 9.89. The van der Waals surface area contributed by atoms with E-state index in [1.54, 1.807) is 0 Å². The summed E-state index contributed by atoms with van der Waals surface area (Å²) in [5.74, 6) is 0. The van der Waals surface area contributed by atoms with E-state index < -0.39 is 0 Å². The van der Waals surface area contributed by atoms with Crippen LogP contribution >= 0.6 is 0 Å². The van der Waals surface area contributed by atoms with Crippen molar-refractivity contribution in [2.75, 3.05) is 19.8 Å². The van der Waals surface area contributed by atoms with E-state index >= 15 is 0 Å². The fourth-order valence-electron chi connectivity index (χ4n) is 1.39. The van der Waals surface area contributed by atoms with Crippen LogP contribution in [-0.4, -0.2) is 19.8 Å². The van der Waals surface area contributed by atoms with E-state index in [-0.39, 0.29) is 5.41 Å². The summed E-state index contributed by atoms with van der Waals surface area (Å²) in [6.07, 6.45) is 4.49. The highest BCUT2D eigenvalue weighted by atomic mass is 16.5. The van der Waals surface area contributed by atoms with Gasteiger partial charge in [-0.15, -0.1) is 0 Å². The topological polar surface area (TPSA) is 35.2 Å². The van der Waals surface area contributed by atoms with Crippen molar-refractivity contribution < 1.29 is 4.74 Å². The van der Waals surface area contributed by atoms with E-state index in [0.29, 0.717) is 0 Å². The van der Waals surface area contributed by atoms with Gasteiger partial charge in [-0.1, -0.05) is 25.5 Å². The fraction of sp³-hybridized carbons (Fsp3) is 0.800. The Balaban J connectivity index is 2.53. The summed E-state index contributed by atoms with van der Waals surface area (Å²) in [5.41, 5.74) is 7.32. The van der Waals surface area contributed by atoms with Crippen molar-refractivity contribution in [1.82, 2.24) is 0 Å². The molecular formula is C10H19NO. The van der Waals surface area contributed by atoms with Gasteiger partial charge < -0.3 is 10.5 Å². The highest BCUT2D eigenvalue weighted by Gasteiger charge is 2.14. The highest BCUT2D eigenvalue weighted by molar-refractivity contribution is 5.09. The Morgan fingerprint density at radius 1 is 1.42 bits per heavy atom. The monoisotopic (exact) mass is 169 g/mol. The Morgan fingerprint density at radius 2 is 2.00 bits per heavy atom. The zero-order valence-electron chi connectivity index (χ0n) is 8.10. The molecule has 0 aromatic rings. The second-order valence-corrected chi connectivity index (χ2v) is 4.11. The minimum atomic E-state index is 0.159. The molecule has 1 heterocycles. The second-order valence-electron chi connectivity index (χ2n) is 4.11. The summed E-state index contributed by atoms with van der Waals surface area (Å²) in [7, 11) is 0. The van der Waals surface area contributed by atoms with Crippen LogP contribution in [0.15, 0.2) is 11.6 Å². The average Bonchev–Trinajstić information content (AvgIpc) is 2.06. The Labute approximate surface area is 74.8 Å². The first-order chi connectivity index (χ1) is 5.64. The van der Waals surface area contributed by atoms with Crippen molar-refractivity contribution in [3.63, 3.8) is 0 Å². The molecule has 0 unspecified atom stereocenters. The van der Waals surface area contributed by atoms with Crippen LogP contribution in [0.25, 0.3) is 0 Å². The fourth-order valence-corrected chi connectivity index (χ4v) is 1.39. The number of ether oxygens (including phenoxy) is 1. The number of hydrogen-bond acceptors (Lipinski definition) is 2. The molecule has 70 valence electrons. The third kappa shape index (κ3) is 2.95. The van der Waals surface area contributed by atoms with E-state index in [9.17, 15) is 0 Å². The second kappa shape index (κ2) is 4.06. The molecule has 0 aliphatic carbocycles. The van der Waals surface area contributed by atoms with Crippen molar-refractivity contribution in [2.45, 2.75) is 26.7 Å². The third-order valence-electron chi connectivity index (χ3n) is 2.26. The lowest BCUT2D eigenvalue weighted by Crippen LogP contribution is -2.22. The predicted octanol–water partition coefficient (Wildman–Crippen LogP) is 1.71. The van der Waals surface area contributed by atoms with Gasteiger partial charge in [0.15, 0.2) is 0 Å². The van der Waals surface area contributed by atoms with Crippen LogP contribution in [0.4, 0.5) is 0 Å². The van der Waals surface area contributed by atoms with Crippen LogP contribution in [0.2, 0.25) is 0 Å². The van der Waals surface area contributed by atoms with Crippen molar-refractivity contribution in [3.8, 4) is 0 Å².